The minimum Gasteiger partial charge on any atom is -0.484 e. The number of amides is 1. The summed E-state index contributed by atoms with van der Waals surface area (Å²) in [4.78, 5) is 21.7. The van der Waals surface area contributed by atoms with Crippen LogP contribution in [-0.4, -0.2) is 41.3 Å². The van der Waals surface area contributed by atoms with Crippen LogP contribution in [0.15, 0.2) is 18.2 Å². The number of aliphatic hydroxyl groups is 1. The third-order valence-electron chi connectivity index (χ3n) is 2.63. The summed E-state index contributed by atoms with van der Waals surface area (Å²) in [5, 5.41) is 19.7. The molecule has 0 aliphatic heterocycles. The predicted molar refractivity (Wildman–Crippen MR) is 68.1 cm³/mol. The largest absolute Gasteiger partial charge is 0.484 e. The summed E-state index contributed by atoms with van der Waals surface area (Å²) in [6.45, 7) is 3.34. The molecule has 3 N–H and O–H groups in total. The first kappa shape index (κ1) is 15.0. The van der Waals surface area contributed by atoms with Crippen molar-refractivity contribution in [3.05, 3.63) is 29.3 Å². The summed E-state index contributed by atoms with van der Waals surface area (Å²) in [6.07, 6.45) is -1.61. The summed E-state index contributed by atoms with van der Waals surface area (Å²) >= 11 is 0. The molecular formula is C13H17NO5. The van der Waals surface area contributed by atoms with Crippen LogP contribution in [0.3, 0.4) is 0 Å². The third-order valence-corrected chi connectivity index (χ3v) is 2.63. The van der Waals surface area contributed by atoms with Gasteiger partial charge in [0, 0.05) is 0 Å². The second kappa shape index (κ2) is 6.75. The van der Waals surface area contributed by atoms with Crippen LogP contribution in [0.25, 0.3) is 0 Å². The van der Waals surface area contributed by atoms with Gasteiger partial charge in [0.1, 0.15) is 5.75 Å². The Kier molecular flexibility index (Phi) is 5.32. The molecule has 1 amide bonds. The molecule has 0 radical (unpaired) electrons. The predicted octanol–water partition coefficient (Wildman–Crippen LogP) is 0.244. The van der Waals surface area contributed by atoms with Gasteiger partial charge in [-0.15, -0.1) is 0 Å². The molecule has 1 aromatic rings. The van der Waals surface area contributed by atoms with Crippen LogP contribution in [0.4, 0.5) is 0 Å². The van der Waals surface area contributed by atoms with Crippen molar-refractivity contribution in [2.24, 2.45) is 0 Å². The maximum Gasteiger partial charge on any atom is 0.334 e. The van der Waals surface area contributed by atoms with E-state index in [-0.39, 0.29) is 13.2 Å². The fraction of sp³-hybridized carbons (Fsp3) is 0.385. The molecule has 6 nitrogen and oxygen atoms in total. The van der Waals surface area contributed by atoms with E-state index in [1.165, 1.54) is 0 Å². The number of carbonyl (C=O) groups excluding carboxylic acids is 1. The van der Waals surface area contributed by atoms with Gasteiger partial charge in [-0.1, -0.05) is 6.07 Å². The fourth-order valence-electron chi connectivity index (χ4n) is 1.30. The van der Waals surface area contributed by atoms with Gasteiger partial charge in [0.25, 0.3) is 5.91 Å². The second-order valence-electron chi connectivity index (χ2n) is 4.19. The van der Waals surface area contributed by atoms with Crippen LogP contribution in [-0.2, 0) is 9.59 Å². The highest BCUT2D eigenvalue weighted by atomic mass is 16.5. The molecule has 0 fully saturated rings. The fourth-order valence-corrected chi connectivity index (χ4v) is 1.30. The Balaban J connectivity index is 2.37. The number of ether oxygens (including phenoxy) is 1. The maximum absolute atomic E-state index is 11.4. The minimum atomic E-state index is -1.61. The van der Waals surface area contributed by atoms with E-state index < -0.39 is 18.0 Å². The zero-order valence-electron chi connectivity index (χ0n) is 10.8. The number of benzene rings is 1. The molecule has 6 heteroatoms. The van der Waals surface area contributed by atoms with Gasteiger partial charge in [-0.25, -0.2) is 4.79 Å². The molecule has 104 valence electrons. The molecule has 0 aliphatic carbocycles. The number of carboxylic acids is 1. The molecule has 1 aromatic carbocycles. The molecule has 1 atom stereocenters. The maximum atomic E-state index is 11.4. The van der Waals surface area contributed by atoms with Gasteiger partial charge in [-0.2, -0.15) is 0 Å². The molecule has 0 unspecified atom stereocenters. The van der Waals surface area contributed by atoms with Gasteiger partial charge < -0.3 is 20.3 Å². The molecule has 0 saturated heterocycles. The zero-order valence-corrected chi connectivity index (χ0v) is 10.8. The topological polar surface area (TPSA) is 95.9 Å². The third kappa shape index (κ3) is 4.97. The lowest BCUT2D eigenvalue weighted by atomic mass is 10.1. The molecule has 0 saturated carbocycles. The van der Waals surface area contributed by atoms with Crippen molar-refractivity contribution < 1.29 is 24.5 Å². The molecular weight excluding hydrogens is 250 g/mol. The van der Waals surface area contributed by atoms with Crippen LogP contribution in [0.2, 0.25) is 0 Å². The highest BCUT2D eigenvalue weighted by Gasteiger charge is 2.14. The molecule has 0 heterocycles. The molecule has 0 aromatic heterocycles. The van der Waals surface area contributed by atoms with E-state index in [9.17, 15) is 9.59 Å². The monoisotopic (exact) mass is 267 g/mol. The summed E-state index contributed by atoms with van der Waals surface area (Å²) in [7, 11) is 0. The van der Waals surface area contributed by atoms with Crippen molar-refractivity contribution in [2.45, 2.75) is 20.0 Å². The summed E-state index contributed by atoms with van der Waals surface area (Å²) in [5.41, 5.74) is 2.18. The Morgan fingerprint density at radius 1 is 1.32 bits per heavy atom. The molecule has 1 rings (SSSR count). The Labute approximate surface area is 111 Å². The number of aliphatic carboxylic acids is 1. The molecule has 19 heavy (non-hydrogen) atoms. The van der Waals surface area contributed by atoms with Crippen LogP contribution in [0.1, 0.15) is 11.1 Å². The quantitative estimate of drug-likeness (QED) is 0.686. The molecule has 0 aliphatic rings. The van der Waals surface area contributed by atoms with E-state index in [0.717, 1.165) is 11.1 Å². The van der Waals surface area contributed by atoms with Gasteiger partial charge in [-0.05, 0) is 37.1 Å². The average Bonchev–Trinajstić information content (AvgIpc) is 2.37. The van der Waals surface area contributed by atoms with Crippen LogP contribution in [0.5, 0.6) is 5.75 Å². The number of hydrogen-bond donors (Lipinski definition) is 3. The number of rotatable bonds is 6. The van der Waals surface area contributed by atoms with Gasteiger partial charge in [0.05, 0.1) is 6.54 Å². The highest BCUT2D eigenvalue weighted by molar-refractivity contribution is 5.79. The Morgan fingerprint density at radius 3 is 2.58 bits per heavy atom. The van der Waals surface area contributed by atoms with Crippen LogP contribution < -0.4 is 10.1 Å². The van der Waals surface area contributed by atoms with Gasteiger partial charge in [0.15, 0.2) is 12.7 Å². The van der Waals surface area contributed by atoms with Gasteiger partial charge in [-0.3, -0.25) is 4.79 Å². The van der Waals surface area contributed by atoms with Crippen LogP contribution >= 0.6 is 0 Å². The summed E-state index contributed by atoms with van der Waals surface area (Å²) in [6, 6.07) is 5.45. The van der Waals surface area contributed by atoms with Crippen molar-refractivity contribution in [3.8, 4) is 5.75 Å². The smallest absolute Gasteiger partial charge is 0.334 e. The Bertz CT molecular complexity index is 472. The van der Waals surface area contributed by atoms with E-state index >= 15 is 0 Å². The average molecular weight is 267 g/mol. The lowest BCUT2D eigenvalue weighted by Crippen LogP contribution is -2.38. The Hall–Kier alpha value is -2.08. The van der Waals surface area contributed by atoms with Gasteiger partial charge in [0.2, 0.25) is 0 Å². The summed E-state index contributed by atoms with van der Waals surface area (Å²) < 4.78 is 5.26. The van der Waals surface area contributed by atoms with Crippen molar-refractivity contribution in [3.63, 3.8) is 0 Å². The number of carboxylic acid groups (broad SMARTS) is 1. The highest BCUT2D eigenvalue weighted by Crippen LogP contribution is 2.16. The first-order chi connectivity index (χ1) is 8.90. The SMILES string of the molecule is Cc1ccc(OCC(=O)NC[C@H](O)C(=O)O)cc1C. The second-order valence-corrected chi connectivity index (χ2v) is 4.19. The molecule has 0 spiro atoms. The normalized spacial score (nSPS) is 11.7. The Morgan fingerprint density at radius 2 is 2.00 bits per heavy atom. The van der Waals surface area contributed by atoms with E-state index in [4.69, 9.17) is 14.9 Å². The number of aryl methyl sites for hydroxylation is 2. The van der Waals surface area contributed by atoms with Crippen LogP contribution in [0, 0.1) is 13.8 Å². The van der Waals surface area contributed by atoms with E-state index in [2.05, 4.69) is 5.32 Å². The lowest BCUT2D eigenvalue weighted by Gasteiger charge is -2.10. The number of carbonyl (C=O) groups is 2. The number of nitrogens with one attached hydrogen (secondary N) is 1. The molecule has 0 bridgehead atoms. The first-order valence-corrected chi connectivity index (χ1v) is 5.77. The van der Waals surface area contributed by atoms with Crippen molar-refractivity contribution in [2.75, 3.05) is 13.2 Å². The van der Waals surface area contributed by atoms with Gasteiger partial charge >= 0.3 is 5.97 Å². The minimum absolute atomic E-state index is 0.227. The van der Waals surface area contributed by atoms with E-state index in [0.29, 0.717) is 5.75 Å². The van der Waals surface area contributed by atoms with Crippen molar-refractivity contribution >= 4 is 11.9 Å². The van der Waals surface area contributed by atoms with E-state index in [1.807, 2.05) is 26.0 Å². The van der Waals surface area contributed by atoms with Crippen molar-refractivity contribution in [1.29, 1.82) is 0 Å². The standard InChI is InChI=1S/C13H17NO5/c1-8-3-4-10(5-9(8)2)19-7-12(16)14-6-11(15)13(17)18/h3-5,11,15H,6-7H2,1-2H3,(H,14,16)(H,17,18)/t11-/m0/s1. The van der Waals surface area contributed by atoms with E-state index in [1.54, 1.807) is 6.07 Å². The zero-order chi connectivity index (χ0) is 14.4. The van der Waals surface area contributed by atoms with Crippen molar-refractivity contribution in [1.82, 2.24) is 5.32 Å². The first-order valence-electron chi connectivity index (χ1n) is 5.77. The summed E-state index contributed by atoms with van der Waals surface area (Å²) in [5.74, 6) is -1.30. The number of hydrogen-bond acceptors (Lipinski definition) is 4. The lowest BCUT2D eigenvalue weighted by molar-refractivity contribution is -0.146. The number of aliphatic hydroxyl groups excluding tert-OH is 1.